The molecule has 0 saturated carbocycles. The van der Waals surface area contributed by atoms with Crippen LogP contribution in [0.3, 0.4) is 0 Å². The number of ketones is 1. The molecule has 2 aromatic heterocycles. The minimum Gasteiger partial charge on any atom is -0.343 e. The third kappa shape index (κ3) is 2.52. The van der Waals surface area contributed by atoms with Gasteiger partial charge in [0.25, 0.3) is 5.56 Å². The van der Waals surface area contributed by atoms with E-state index in [4.69, 9.17) is 0 Å². The summed E-state index contributed by atoms with van der Waals surface area (Å²) in [6, 6.07) is 3.96. The molecular weight excluding hydrogens is 342 g/mol. The van der Waals surface area contributed by atoms with Crippen LogP contribution in [-0.4, -0.2) is 21.5 Å². The number of Topliss-reactive ketones (excluding diaryl/α,β-unsaturated/α-hetero) is 1. The number of nitrogens with one attached hydrogen (secondary N) is 2. The number of nitrogens with zero attached hydrogens (tertiary/aromatic N) is 1. The topological polar surface area (TPSA) is 74.8 Å². The van der Waals surface area contributed by atoms with E-state index in [1.165, 1.54) is 11.8 Å². The third-order valence-corrected chi connectivity index (χ3v) is 6.12. The molecule has 2 aromatic rings. The highest BCUT2D eigenvalue weighted by Crippen LogP contribution is 2.45. The second-order valence-electron chi connectivity index (χ2n) is 5.83. The van der Waals surface area contributed by atoms with Crippen molar-refractivity contribution in [2.75, 3.05) is 11.1 Å². The lowest BCUT2D eigenvalue weighted by Crippen LogP contribution is -2.38. The predicted octanol–water partition coefficient (Wildman–Crippen LogP) is 3.36. The van der Waals surface area contributed by atoms with E-state index >= 15 is 0 Å². The van der Waals surface area contributed by atoms with E-state index in [0.29, 0.717) is 23.0 Å². The van der Waals surface area contributed by atoms with Crippen LogP contribution in [0.4, 0.5) is 5.82 Å². The quantitative estimate of drug-likeness (QED) is 0.649. The van der Waals surface area contributed by atoms with E-state index in [2.05, 4.69) is 21.4 Å². The van der Waals surface area contributed by atoms with Crippen molar-refractivity contribution in [3.05, 3.63) is 50.1 Å². The SMILES string of the molecule is CCSc1nc2c(c(=O)[nH]1)[C@H](c1cccs1)[C@H]1C(=O)CCC=C1N2. The molecule has 3 heterocycles. The Labute approximate surface area is 147 Å². The van der Waals surface area contributed by atoms with Gasteiger partial charge in [-0.3, -0.25) is 9.59 Å². The second kappa shape index (κ2) is 6.22. The first kappa shape index (κ1) is 15.7. The van der Waals surface area contributed by atoms with Crippen molar-refractivity contribution in [1.29, 1.82) is 0 Å². The zero-order chi connectivity index (χ0) is 16.7. The molecule has 7 heteroatoms. The van der Waals surface area contributed by atoms with Crippen LogP contribution in [-0.2, 0) is 4.79 Å². The smallest absolute Gasteiger partial charge is 0.257 e. The average Bonchev–Trinajstić information content (AvgIpc) is 3.07. The number of thioether (sulfide) groups is 1. The van der Waals surface area contributed by atoms with E-state index in [1.807, 2.05) is 24.4 Å². The number of carbonyl (C=O) groups excluding carboxylic acids is 1. The lowest BCUT2D eigenvalue weighted by molar-refractivity contribution is -0.122. The summed E-state index contributed by atoms with van der Waals surface area (Å²) in [6.45, 7) is 2.02. The largest absolute Gasteiger partial charge is 0.343 e. The number of fused-ring (bicyclic) bond motifs is 2. The molecule has 5 nitrogen and oxygen atoms in total. The fraction of sp³-hybridized carbons (Fsp3) is 0.353. The van der Waals surface area contributed by atoms with Crippen molar-refractivity contribution < 1.29 is 4.79 Å². The standard InChI is InChI=1S/C17H17N3O2S2/c1-2-23-17-19-15-14(16(22)20-17)13(11-7-4-8-24-11)12-9(18-15)5-3-6-10(12)21/h4-5,7-8,12-13H,2-3,6H2,1H3,(H2,18,19,20,22)/t12-,13-/m1/s1. The van der Waals surface area contributed by atoms with E-state index < -0.39 is 0 Å². The van der Waals surface area contributed by atoms with Gasteiger partial charge in [-0.15, -0.1) is 11.3 Å². The van der Waals surface area contributed by atoms with Gasteiger partial charge in [-0.2, -0.15) is 0 Å². The highest BCUT2D eigenvalue weighted by molar-refractivity contribution is 7.99. The summed E-state index contributed by atoms with van der Waals surface area (Å²) in [4.78, 5) is 33.9. The minimum absolute atomic E-state index is 0.153. The average molecular weight is 359 g/mol. The summed E-state index contributed by atoms with van der Waals surface area (Å²) < 4.78 is 0. The molecule has 1 aliphatic carbocycles. The van der Waals surface area contributed by atoms with Gasteiger partial charge in [0.2, 0.25) is 0 Å². The molecule has 0 radical (unpaired) electrons. The van der Waals surface area contributed by atoms with Crippen molar-refractivity contribution in [3.63, 3.8) is 0 Å². The molecule has 0 fully saturated rings. The molecule has 1 aliphatic heterocycles. The number of carbonyl (C=O) groups is 1. The Kier molecular flexibility index (Phi) is 4.05. The summed E-state index contributed by atoms with van der Waals surface area (Å²) in [5, 5.41) is 5.86. The van der Waals surface area contributed by atoms with Crippen LogP contribution in [0.5, 0.6) is 0 Å². The van der Waals surface area contributed by atoms with Crippen LogP contribution < -0.4 is 10.9 Å². The lowest BCUT2D eigenvalue weighted by Gasteiger charge is -2.35. The lowest BCUT2D eigenvalue weighted by atomic mass is 9.74. The van der Waals surface area contributed by atoms with Crippen LogP contribution in [0.1, 0.15) is 36.1 Å². The third-order valence-electron chi connectivity index (χ3n) is 4.41. The van der Waals surface area contributed by atoms with Gasteiger partial charge < -0.3 is 10.3 Å². The van der Waals surface area contributed by atoms with Gasteiger partial charge in [0.05, 0.1) is 11.5 Å². The van der Waals surface area contributed by atoms with Crippen molar-refractivity contribution in [2.45, 2.75) is 30.8 Å². The zero-order valence-electron chi connectivity index (χ0n) is 13.2. The molecule has 0 saturated heterocycles. The first-order chi connectivity index (χ1) is 11.7. The maximum absolute atomic E-state index is 12.8. The van der Waals surface area contributed by atoms with Crippen molar-refractivity contribution in [1.82, 2.24) is 9.97 Å². The number of aromatic nitrogens is 2. The Hall–Kier alpha value is -1.86. The van der Waals surface area contributed by atoms with Crippen molar-refractivity contribution in [3.8, 4) is 0 Å². The maximum atomic E-state index is 12.8. The molecule has 0 amide bonds. The van der Waals surface area contributed by atoms with E-state index in [9.17, 15) is 9.59 Å². The Balaban J connectivity index is 1.93. The number of hydrogen-bond acceptors (Lipinski definition) is 6. The Morgan fingerprint density at radius 3 is 3.00 bits per heavy atom. The van der Waals surface area contributed by atoms with Gasteiger partial charge in [0, 0.05) is 22.9 Å². The number of allylic oxidation sites excluding steroid dienone is 2. The summed E-state index contributed by atoms with van der Waals surface area (Å²) in [5.74, 6) is 1.05. The zero-order valence-corrected chi connectivity index (χ0v) is 14.8. The number of thiophene rings is 1. The highest BCUT2D eigenvalue weighted by Gasteiger charge is 2.42. The summed E-state index contributed by atoms with van der Waals surface area (Å²) in [5.41, 5.74) is 1.32. The Morgan fingerprint density at radius 1 is 1.38 bits per heavy atom. The van der Waals surface area contributed by atoms with Gasteiger partial charge in [0.15, 0.2) is 5.16 Å². The highest BCUT2D eigenvalue weighted by atomic mass is 32.2. The van der Waals surface area contributed by atoms with Gasteiger partial charge in [-0.1, -0.05) is 30.8 Å². The second-order valence-corrected chi connectivity index (χ2v) is 8.06. The molecule has 4 rings (SSSR count). The Morgan fingerprint density at radius 2 is 2.25 bits per heavy atom. The van der Waals surface area contributed by atoms with Crippen LogP contribution in [0.25, 0.3) is 0 Å². The summed E-state index contributed by atoms with van der Waals surface area (Å²) in [6.07, 6.45) is 3.34. The van der Waals surface area contributed by atoms with Crippen LogP contribution in [0.15, 0.2) is 39.2 Å². The number of rotatable bonds is 3. The first-order valence-corrected chi connectivity index (χ1v) is 9.85. The summed E-state index contributed by atoms with van der Waals surface area (Å²) in [7, 11) is 0. The molecule has 2 N–H and O–H groups in total. The van der Waals surface area contributed by atoms with E-state index in [0.717, 1.165) is 22.7 Å². The molecular formula is C17H17N3O2S2. The predicted molar refractivity (Wildman–Crippen MR) is 96.9 cm³/mol. The number of hydrogen-bond donors (Lipinski definition) is 2. The van der Waals surface area contributed by atoms with Crippen LogP contribution in [0, 0.1) is 5.92 Å². The van der Waals surface area contributed by atoms with Gasteiger partial charge in [0.1, 0.15) is 11.6 Å². The monoisotopic (exact) mass is 359 g/mol. The molecule has 0 unspecified atom stereocenters. The van der Waals surface area contributed by atoms with Gasteiger partial charge >= 0.3 is 0 Å². The number of anilines is 1. The summed E-state index contributed by atoms with van der Waals surface area (Å²) >= 11 is 3.08. The maximum Gasteiger partial charge on any atom is 0.257 e. The van der Waals surface area contributed by atoms with Crippen molar-refractivity contribution in [2.24, 2.45) is 5.92 Å². The molecule has 0 aromatic carbocycles. The molecule has 24 heavy (non-hydrogen) atoms. The molecule has 0 spiro atoms. The first-order valence-electron chi connectivity index (χ1n) is 7.99. The normalized spacial score (nSPS) is 22.4. The minimum atomic E-state index is -0.308. The molecule has 124 valence electrons. The van der Waals surface area contributed by atoms with Crippen LogP contribution >= 0.6 is 23.1 Å². The van der Waals surface area contributed by atoms with Crippen LogP contribution in [0.2, 0.25) is 0 Å². The van der Waals surface area contributed by atoms with Crippen molar-refractivity contribution >= 4 is 34.7 Å². The molecule has 2 atom stereocenters. The molecule has 2 aliphatic rings. The number of H-pyrrole nitrogens is 1. The van der Waals surface area contributed by atoms with E-state index in [-0.39, 0.29) is 23.2 Å². The van der Waals surface area contributed by atoms with E-state index in [1.54, 1.807) is 11.3 Å². The van der Waals surface area contributed by atoms with Gasteiger partial charge in [-0.05, 0) is 23.6 Å². The fourth-order valence-corrected chi connectivity index (χ4v) is 4.91. The number of aromatic amines is 1. The van der Waals surface area contributed by atoms with Gasteiger partial charge in [-0.25, -0.2) is 4.98 Å². The molecule has 0 bridgehead atoms. The fourth-order valence-electron chi connectivity index (χ4n) is 3.45. The Bertz CT molecular complexity index is 870.